The predicted molar refractivity (Wildman–Crippen MR) is 105 cm³/mol. The molecule has 1 atom stereocenters. The van der Waals surface area contributed by atoms with E-state index < -0.39 is 0 Å². The molecule has 1 fully saturated rings. The number of nitrogens with zero attached hydrogens (tertiary/aromatic N) is 5. The molecule has 7 heteroatoms. The molecule has 1 aliphatic rings. The number of aromatic nitrogens is 4. The maximum absolute atomic E-state index is 4.37. The van der Waals surface area contributed by atoms with Crippen LogP contribution in [-0.2, 0) is 6.54 Å². The van der Waals surface area contributed by atoms with E-state index in [0.29, 0.717) is 6.04 Å². The number of piperidine rings is 1. The summed E-state index contributed by atoms with van der Waals surface area (Å²) >= 11 is 0. The molecule has 1 unspecified atom stereocenters. The van der Waals surface area contributed by atoms with Gasteiger partial charge in [-0.15, -0.1) is 12.4 Å². The summed E-state index contributed by atoms with van der Waals surface area (Å²) in [5.41, 5.74) is 2.42. The normalized spacial score (nSPS) is 16.9. The Bertz CT molecular complexity index is 776. The van der Waals surface area contributed by atoms with Crippen molar-refractivity contribution in [1.29, 1.82) is 0 Å². The molecular weight excluding hydrogens is 348 g/mol. The zero-order valence-corrected chi connectivity index (χ0v) is 15.3. The maximum atomic E-state index is 4.37. The summed E-state index contributed by atoms with van der Waals surface area (Å²) in [5.74, 6) is 0.832. The molecule has 0 spiro atoms. The molecule has 136 valence electrons. The Balaban J connectivity index is 0.00000196. The summed E-state index contributed by atoms with van der Waals surface area (Å²) < 4.78 is 2.01. The Kier molecular flexibility index (Phi) is 6.20. The zero-order valence-electron chi connectivity index (χ0n) is 14.5. The van der Waals surface area contributed by atoms with Gasteiger partial charge in [-0.25, -0.2) is 15.0 Å². The topological polar surface area (TPSA) is 58.9 Å². The molecule has 0 amide bonds. The minimum atomic E-state index is 0. The van der Waals surface area contributed by atoms with E-state index in [4.69, 9.17) is 0 Å². The first-order chi connectivity index (χ1) is 12.4. The van der Waals surface area contributed by atoms with Crippen LogP contribution in [0.25, 0.3) is 5.69 Å². The first-order valence-electron chi connectivity index (χ1n) is 8.71. The number of halogens is 1. The highest BCUT2D eigenvalue weighted by atomic mass is 35.5. The Hall–Kier alpha value is -2.44. The van der Waals surface area contributed by atoms with Gasteiger partial charge < -0.3 is 14.8 Å². The van der Waals surface area contributed by atoms with E-state index in [2.05, 4.69) is 49.4 Å². The van der Waals surface area contributed by atoms with Crippen molar-refractivity contribution in [3.63, 3.8) is 0 Å². The maximum Gasteiger partial charge on any atom is 0.225 e. The number of rotatable bonds is 5. The van der Waals surface area contributed by atoms with Gasteiger partial charge in [-0.1, -0.05) is 12.1 Å². The average Bonchev–Trinajstić information content (AvgIpc) is 3.23. The van der Waals surface area contributed by atoms with Gasteiger partial charge in [0.1, 0.15) is 0 Å². The van der Waals surface area contributed by atoms with Crippen molar-refractivity contribution in [1.82, 2.24) is 24.8 Å². The third-order valence-corrected chi connectivity index (χ3v) is 4.59. The van der Waals surface area contributed by atoms with E-state index in [0.717, 1.165) is 37.7 Å². The molecule has 6 nitrogen and oxygen atoms in total. The third-order valence-electron chi connectivity index (χ3n) is 4.59. The van der Waals surface area contributed by atoms with Crippen LogP contribution >= 0.6 is 12.4 Å². The lowest BCUT2D eigenvalue weighted by atomic mass is 10.1. The van der Waals surface area contributed by atoms with E-state index in [1.807, 2.05) is 23.2 Å². The van der Waals surface area contributed by atoms with Crippen LogP contribution < -0.4 is 10.2 Å². The number of benzene rings is 1. The quantitative estimate of drug-likeness (QED) is 0.748. The van der Waals surface area contributed by atoms with Gasteiger partial charge in [-0.05, 0) is 36.6 Å². The Morgan fingerprint density at radius 2 is 1.88 bits per heavy atom. The fourth-order valence-corrected chi connectivity index (χ4v) is 3.24. The standard InChI is InChI=1S/C19H22N6.ClH/c1-3-17(14-24(11-1)19-21-8-2-9-22-19)23-13-16-4-6-18(7-5-16)25-12-10-20-15-25;/h2,4-10,12,15,17,23H,1,3,11,13-14H2;1H. The number of anilines is 1. The van der Waals surface area contributed by atoms with Crippen LogP contribution in [0, 0.1) is 0 Å². The highest BCUT2D eigenvalue weighted by Crippen LogP contribution is 2.16. The lowest BCUT2D eigenvalue weighted by Crippen LogP contribution is -2.46. The number of hydrogen-bond acceptors (Lipinski definition) is 5. The highest BCUT2D eigenvalue weighted by molar-refractivity contribution is 5.85. The molecule has 4 rings (SSSR count). The second-order valence-corrected chi connectivity index (χ2v) is 6.35. The van der Waals surface area contributed by atoms with Crippen LogP contribution in [0.15, 0.2) is 61.4 Å². The van der Waals surface area contributed by atoms with Gasteiger partial charge in [0.2, 0.25) is 5.95 Å². The summed E-state index contributed by atoms with van der Waals surface area (Å²) in [6.45, 7) is 2.86. The lowest BCUT2D eigenvalue weighted by Gasteiger charge is -2.33. The van der Waals surface area contributed by atoms with Crippen LogP contribution in [0.4, 0.5) is 5.95 Å². The predicted octanol–water partition coefficient (Wildman–Crippen LogP) is 2.84. The summed E-state index contributed by atoms with van der Waals surface area (Å²) in [4.78, 5) is 15.1. The van der Waals surface area contributed by atoms with Crippen LogP contribution in [0.3, 0.4) is 0 Å². The van der Waals surface area contributed by atoms with Crippen molar-refractivity contribution in [2.75, 3.05) is 18.0 Å². The van der Waals surface area contributed by atoms with Gasteiger partial charge in [0, 0.05) is 56.2 Å². The summed E-state index contributed by atoms with van der Waals surface area (Å²) in [6.07, 6.45) is 11.5. The van der Waals surface area contributed by atoms with Crippen molar-refractivity contribution >= 4 is 18.4 Å². The van der Waals surface area contributed by atoms with Gasteiger partial charge >= 0.3 is 0 Å². The van der Waals surface area contributed by atoms with Crippen LogP contribution in [0.2, 0.25) is 0 Å². The summed E-state index contributed by atoms with van der Waals surface area (Å²) in [5, 5.41) is 3.68. The molecule has 26 heavy (non-hydrogen) atoms. The van der Waals surface area contributed by atoms with Gasteiger partial charge in [-0.2, -0.15) is 0 Å². The van der Waals surface area contributed by atoms with E-state index in [1.165, 1.54) is 12.0 Å². The van der Waals surface area contributed by atoms with Crippen molar-refractivity contribution in [3.8, 4) is 5.69 Å². The van der Waals surface area contributed by atoms with Gasteiger partial charge in [0.25, 0.3) is 0 Å². The van der Waals surface area contributed by atoms with E-state index >= 15 is 0 Å². The van der Waals surface area contributed by atoms with Crippen LogP contribution in [-0.4, -0.2) is 38.7 Å². The average molecular weight is 371 g/mol. The van der Waals surface area contributed by atoms with E-state index in [9.17, 15) is 0 Å². The molecule has 0 saturated carbocycles. The van der Waals surface area contributed by atoms with Crippen molar-refractivity contribution in [2.45, 2.75) is 25.4 Å². The molecule has 0 bridgehead atoms. The first-order valence-corrected chi connectivity index (χ1v) is 8.71. The Labute approximate surface area is 159 Å². The largest absolute Gasteiger partial charge is 0.339 e. The fourth-order valence-electron chi connectivity index (χ4n) is 3.24. The highest BCUT2D eigenvalue weighted by Gasteiger charge is 2.21. The third kappa shape index (κ3) is 4.39. The molecule has 0 aliphatic carbocycles. The molecule has 0 radical (unpaired) electrons. The summed E-state index contributed by atoms with van der Waals surface area (Å²) in [6, 6.07) is 10.9. The van der Waals surface area contributed by atoms with Crippen LogP contribution in [0.1, 0.15) is 18.4 Å². The van der Waals surface area contributed by atoms with Crippen molar-refractivity contribution < 1.29 is 0 Å². The number of nitrogens with one attached hydrogen (secondary N) is 1. The molecule has 3 aromatic rings. The minimum absolute atomic E-state index is 0. The first kappa shape index (κ1) is 18.4. The molecule has 1 aliphatic heterocycles. The van der Waals surface area contributed by atoms with E-state index in [-0.39, 0.29) is 12.4 Å². The molecule has 1 saturated heterocycles. The molecular formula is C19H23ClN6. The van der Waals surface area contributed by atoms with Crippen molar-refractivity contribution in [3.05, 3.63) is 67.0 Å². The zero-order chi connectivity index (χ0) is 16.9. The smallest absolute Gasteiger partial charge is 0.225 e. The lowest BCUT2D eigenvalue weighted by molar-refractivity contribution is 0.418. The SMILES string of the molecule is Cl.c1cnc(N2CCCC(NCc3ccc(-n4ccnc4)cc3)C2)nc1. The number of imidazole rings is 1. The van der Waals surface area contributed by atoms with Crippen molar-refractivity contribution in [2.24, 2.45) is 0 Å². The molecule has 1 aromatic carbocycles. The molecule has 3 heterocycles. The second-order valence-electron chi connectivity index (χ2n) is 6.35. The van der Waals surface area contributed by atoms with Gasteiger partial charge in [0.15, 0.2) is 0 Å². The molecule has 2 aromatic heterocycles. The monoisotopic (exact) mass is 370 g/mol. The fraction of sp³-hybridized carbons (Fsp3) is 0.316. The Morgan fingerprint density at radius 3 is 2.62 bits per heavy atom. The van der Waals surface area contributed by atoms with Crippen LogP contribution in [0.5, 0.6) is 0 Å². The summed E-state index contributed by atoms with van der Waals surface area (Å²) in [7, 11) is 0. The number of hydrogen-bond donors (Lipinski definition) is 1. The van der Waals surface area contributed by atoms with E-state index in [1.54, 1.807) is 18.6 Å². The Morgan fingerprint density at radius 1 is 1.08 bits per heavy atom. The minimum Gasteiger partial charge on any atom is -0.339 e. The molecule has 1 N–H and O–H groups in total. The second kappa shape index (κ2) is 8.78. The van der Waals surface area contributed by atoms with Gasteiger partial charge in [0.05, 0.1) is 6.33 Å². The van der Waals surface area contributed by atoms with Gasteiger partial charge in [-0.3, -0.25) is 0 Å².